The van der Waals surface area contributed by atoms with Gasteiger partial charge in [-0.1, -0.05) is 70.2 Å². The molecule has 3 nitrogen and oxygen atoms in total. The summed E-state index contributed by atoms with van der Waals surface area (Å²) in [6.07, 6.45) is 4.42. The normalized spacial score (nSPS) is 16.0. The van der Waals surface area contributed by atoms with Gasteiger partial charge >= 0.3 is 0 Å². The van der Waals surface area contributed by atoms with E-state index in [1.807, 2.05) is 12.1 Å². The molecule has 0 unspecified atom stereocenters. The van der Waals surface area contributed by atoms with Crippen LogP contribution in [-0.2, 0) is 17.9 Å². The van der Waals surface area contributed by atoms with Gasteiger partial charge in [0.05, 0.1) is 12.1 Å². The van der Waals surface area contributed by atoms with Gasteiger partial charge in [-0.3, -0.25) is 0 Å². The van der Waals surface area contributed by atoms with Gasteiger partial charge in [0.15, 0.2) is 11.9 Å². The monoisotopic (exact) mass is 485 g/mol. The lowest BCUT2D eigenvalue weighted by Gasteiger charge is -2.42. The van der Waals surface area contributed by atoms with E-state index in [1.165, 1.54) is 24.0 Å². The van der Waals surface area contributed by atoms with Gasteiger partial charge in [0.1, 0.15) is 18.2 Å². The van der Waals surface area contributed by atoms with Crippen molar-refractivity contribution < 1.29 is 8.98 Å². The van der Waals surface area contributed by atoms with E-state index in [0.29, 0.717) is 5.69 Å². The van der Waals surface area contributed by atoms with Crippen LogP contribution in [0.4, 0.5) is 5.69 Å². The molecule has 1 aliphatic carbocycles. The van der Waals surface area contributed by atoms with Gasteiger partial charge in [-0.25, -0.2) is 9.41 Å². The quantitative estimate of drug-likeness (QED) is 0.181. The molecule has 1 aliphatic rings. The Hall–Kier alpha value is -3.90. The minimum absolute atomic E-state index is 0.122. The fourth-order valence-corrected chi connectivity index (χ4v) is 6.20. The first kappa shape index (κ1) is 23.5. The van der Waals surface area contributed by atoms with Crippen LogP contribution in [0.3, 0.4) is 0 Å². The zero-order chi connectivity index (χ0) is 26.1. The van der Waals surface area contributed by atoms with Gasteiger partial charge in [0, 0.05) is 28.5 Å². The molecule has 37 heavy (non-hydrogen) atoms. The molecule has 0 fully saturated rings. The predicted molar refractivity (Wildman–Crippen MR) is 152 cm³/mol. The van der Waals surface area contributed by atoms with E-state index in [9.17, 15) is 0 Å². The van der Waals surface area contributed by atoms with Gasteiger partial charge in [-0.2, -0.15) is 0 Å². The highest BCUT2D eigenvalue weighted by Crippen LogP contribution is 2.49. The van der Waals surface area contributed by atoms with Gasteiger partial charge < -0.3 is 4.42 Å². The molecule has 0 N–H and O–H groups in total. The number of rotatable bonds is 2. The van der Waals surface area contributed by atoms with Crippen molar-refractivity contribution in [3.63, 3.8) is 0 Å². The van der Waals surface area contributed by atoms with Crippen molar-refractivity contribution in [2.24, 2.45) is 7.05 Å². The number of furan rings is 1. The van der Waals surface area contributed by atoms with Crippen molar-refractivity contribution in [3.8, 4) is 22.4 Å². The van der Waals surface area contributed by atoms with Crippen molar-refractivity contribution in [2.45, 2.75) is 58.3 Å². The minimum Gasteiger partial charge on any atom is -0.456 e. The van der Waals surface area contributed by atoms with Gasteiger partial charge in [0.2, 0.25) is 5.69 Å². The predicted octanol–water partition coefficient (Wildman–Crippen LogP) is 8.95. The molecule has 3 heteroatoms. The fraction of sp³-hybridized carbons (Fsp3) is 0.294. The SMILES string of the molecule is [C-]#[N+]c1ccc(-c2ccc3c(c2)C(C)(C)CCC3(C)C)c2oc3c(-c4cccc[n+]4C)c(C)ccc3c12. The summed E-state index contributed by atoms with van der Waals surface area (Å²) in [5.41, 5.74) is 10.9. The van der Waals surface area contributed by atoms with Gasteiger partial charge in [-0.05, 0) is 58.9 Å². The molecule has 3 aromatic carbocycles. The number of hydrogen-bond donors (Lipinski definition) is 0. The average molecular weight is 486 g/mol. The van der Waals surface area contributed by atoms with E-state index >= 15 is 0 Å². The molecule has 0 bridgehead atoms. The Balaban J connectivity index is 1.67. The summed E-state index contributed by atoms with van der Waals surface area (Å²) in [6, 6.07) is 21.4. The van der Waals surface area contributed by atoms with Crippen molar-refractivity contribution in [2.75, 3.05) is 0 Å². The minimum atomic E-state index is 0.122. The maximum atomic E-state index is 7.91. The lowest BCUT2D eigenvalue weighted by Crippen LogP contribution is -2.33. The molecular formula is C34H33N2O+. The Morgan fingerprint density at radius 3 is 2.35 bits per heavy atom. The number of aryl methyl sites for hydroxylation is 2. The Kier molecular flexibility index (Phi) is 5.11. The van der Waals surface area contributed by atoms with Crippen molar-refractivity contribution in [3.05, 3.63) is 95.0 Å². The third-order valence-electron chi connectivity index (χ3n) is 8.57. The van der Waals surface area contributed by atoms with Crippen molar-refractivity contribution in [1.82, 2.24) is 0 Å². The topological polar surface area (TPSA) is 21.4 Å². The van der Waals surface area contributed by atoms with Crippen molar-refractivity contribution >= 4 is 27.6 Å². The zero-order valence-electron chi connectivity index (χ0n) is 22.6. The lowest BCUT2D eigenvalue weighted by molar-refractivity contribution is -0.660. The Labute approximate surface area is 219 Å². The highest BCUT2D eigenvalue weighted by atomic mass is 16.3. The van der Waals surface area contributed by atoms with Crippen LogP contribution in [-0.4, -0.2) is 0 Å². The van der Waals surface area contributed by atoms with E-state index in [4.69, 9.17) is 11.0 Å². The second-order valence-electron chi connectivity index (χ2n) is 11.9. The second-order valence-corrected chi connectivity index (χ2v) is 11.9. The second kappa shape index (κ2) is 8.05. The molecule has 5 aromatic rings. The average Bonchev–Trinajstić information content (AvgIpc) is 3.26. The summed E-state index contributed by atoms with van der Waals surface area (Å²) in [6.45, 7) is 19.5. The maximum absolute atomic E-state index is 7.91. The smallest absolute Gasteiger partial charge is 0.216 e. The molecule has 2 aromatic heterocycles. The molecular weight excluding hydrogens is 452 g/mol. The summed E-state index contributed by atoms with van der Waals surface area (Å²) in [7, 11) is 2.06. The summed E-state index contributed by atoms with van der Waals surface area (Å²) in [5.74, 6) is 0. The number of aromatic nitrogens is 1. The fourth-order valence-electron chi connectivity index (χ4n) is 6.20. The van der Waals surface area contributed by atoms with E-state index in [1.54, 1.807) is 0 Å². The summed E-state index contributed by atoms with van der Waals surface area (Å²) < 4.78 is 8.91. The van der Waals surface area contributed by atoms with Gasteiger partial charge in [-0.15, -0.1) is 0 Å². The Morgan fingerprint density at radius 1 is 0.865 bits per heavy atom. The van der Waals surface area contributed by atoms with E-state index in [0.717, 1.165) is 49.9 Å². The number of pyridine rings is 1. The van der Waals surface area contributed by atoms with Crippen LogP contribution in [0.25, 0.3) is 49.2 Å². The van der Waals surface area contributed by atoms with E-state index < -0.39 is 0 Å². The first-order valence-corrected chi connectivity index (χ1v) is 13.1. The number of nitrogens with zero attached hydrogens (tertiary/aromatic N) is 2. The number of fused-ring (bicyclic) bond motifs is 4. The zero-order valence-corrected chi connectivity index (χ0v) is 22.6. The molecule has 0 radical (unpaired) electrons. The Morgan fingerprint density at radius 2 is 1.62 bits per heavy atom. The molecule has 2 heterocycles. The molecule has 0 saturated carbocycles. The van der Waals surface area contributed by atoms with Crippen LogP contribution >= 0.6 is 0 Å². The van der Waals surface area contributed by atoms with Gasteiger partial charge in [0.25, 0.3) is 0 Å². The number of hydrogen-bond acceptors (Lipinski definition) is 1. The highest BCUT2D eigenvalue weighted by molar-refractivity contribution is 6.18. The third kappa shape index (κ3) is 3.50. The first-order valence-electron chi connectivity index (χ1n) is 13.1. The van der Waals surface area contributed by atoms with E-state index in [2.05, 4.69) is 106 Å². The lowest BCUT2D eigenvalue weighted by atomic mass is 9.63. The molecule has 0 atom stereocenters. The number of benzene rings is 3. The largest absolute Gasteiger partial charge is 0.456 e. The van der Waals surface area contributed by atoms with Crippen LogP contribution in [0.1, 0.15) is 57.2 Å². The summed E-state index contributed by atoms with van der Waals surface area (Å²) in [5, 5.41) is 1.89. The van der Waals surface area contributed by atoms with Crippen molar-refractivity contribution in [1.29, 1.82) is 0 Å². The standard InChI is InChI=1S/C34H33N2O/c1-21-11-13-24-30-27(35-6)16-14-23(31(30)37-32(24)29(21)28-10-8-9-19-36(28)7)22-12-15-25-26(20-22)34(4,5)18-17-33(25,2)3/h8-16,19-20H,17-18H2,1-5,7H3/q+1. The molecule has 0 saturated heterocycles. The maximum Gasteiger partial charge on any atom is 0.216 e. The first-order chi connectivity index (χ1) is 17.6. The van der Waals surface area contributed by atoms with Crippen LogP contribution in [0.2, 0.25) is 0 Å². The van der Waals surface area contributed by atoms with Crippen LogP contribution < -0.4 is 4.57 Å². The molecule has 184 valence electrons. The molecule has 0 amide bonds. The molecule has 0 aliphatic heterocycles. The Bertz CT molecular complexity index is 1760. The molecule has 6 rings (SSSR count). The highest BCUT2D eigenvalue weighted by Gasteiger charge is 2.37. The third-order valence-corrected chi connectivity index (χ3v) is 8.57. The van der Waals surface area contributed by atoms with Crippen LogP contribution in [0.5, 0.6) is 0 Å². The van der Waals surface area contributed by atoms with Crippen LogP contribution in [0, 0.1) is 13.5 Å². The summed E-state index contributed by atoms with van der Waals surface area (Å²) >= 11 is 0. The van der Waals surface area contributed by atoms with Crippen LogP contribution in [0.15, 0.2) is 71.3 Å². The molecule has 0 spiro atoms. The van der Waals surface area contributed by atoms with E-state index in [-0.39, 0.29) is 10.8 Å². The summed E-state index contributed by atoms with van der Waals surface area (Å²) in [4.78, 5) is 3.90.